The molecule has 162 valence electrons. The molecule has 0 saturated heterocycles. The van der Waals surface area contributed by atoms with E-state index in [0.717, 1.165) is 63.4 Å². The zero-order valence-corrected chi connectivity index (χ0v) is 17.7. The number of hydrogen-bond donors (Lipinski definition) is 3. The Morgan fingerprint density at radius 2 is 1.86 bits per heavy atom. The number of allylic oxidation sites excluding steroid dienone is 1. The second kappa shape index (κ2) is 12.8. The molecule has 0 heterocycles. The number of aliphatic hydroxyl groups is 2. The summed E-state index contributed by atoms with van der Waals surface area (Å²) in [7, 11) is 0. The first-order valence-electron chi connectivity index (χ1n) is 11.3. The zero-order chi connectivity index (χ0) is 21.1. The molecule has 0 aromatic heterocycles. The van der Waals surface area contributed by atoms with Crippen molar-refractivity contribution in [3.8, 4) is 0 Å². The van der Waals surface area contributed by atoms with Gasteiger partial charge in [0.1, 0.15) is 0 Å². The van der Waals surface area contributed by atoms with Crippen molar-refractivity contribution in [1.82, 2.24) is 0 Å². The molecular formula is C25H38O4. The Morgan fingerprint density at radius 1 is 1.10 bits per heavy atom. The minimum absolute atomic E-state index is 0.256. The van der Waals surface area contributed by atoms with Crippen LogP contribution >= 0.6 is 0 Å². The van der Waals surface area contributed by atoms with Gasteiger partial charge < -0.3 is 15.3 Å². The van der Waals surface area contributed by atoms with Crippen molar-refractivity contribution in [2.24, 2.45) is 11.8 Å². The lowest BCUT2D eigenvalue weighted by molar-refractivity contribution is -0.139. The van der Waals surface area contributed by atoms with Gasteiger partial charge in [-0.2, -0.15) is 0 Å². The first-order chi connectivity index (χ1) is 14.0. The van der Waals surface area contributed by atoms with Gasteiger partial charge >= 0.3 is 5.97 Å². The highest BCUT2D eigenvalue weighted by atomic mass is 16.4. The number of unbranched alkanes of at least 4 members (excludes halogenated alkanes) is 3. The maximum absolute atomic E-state index is 11.6. The summed E-state index contributed by atoms with van der Waals surface area (Å²) in [5.41, 5.74) is 0.873. The molecule has 1 fully saturated rings. The lowest BCUT2D eigenvalue weighted by Crippen LogP contribution is -2.18. The second-order valence-corrected chi connectivity index (χ2v) is 8.51. The zero-order valence-electron chi connectivity index (χ0n) is 17.7. The lowest BCUT2D eigenvalue weighted by Gasteiger charge is -2.20. The van der Waals surface area contributed by atoms with Crippen LogP contribution in [0.25, 0.3) is 0 Å². The number of carbonyl (C=O) groups is 1. The van der Waals surface area contributed by atoms with E-state index in [1.54, 1.807) is 0 Å². The molecule has 1 aliphatic rings. The third-order valence-electron chi connectivity index (χ3n) is 6.30. The van der Waals surface area contributed by atoms with E-state index in [1.807, 2.05) is 36.4 Å². The van der Waals surface area contributed by atoms with Crippen LogP contribution in [-0.4, -0.2) is 33.5 Å². The van der Waals surface area contributed by atoms with Gasteiger partial charge in [0.15, 0.2) is 0 Å². The molecule has 2 unspecified atom stereocenters. The Balaban J connectivity index is 1.74. The summed E-state index contributed by atoms with van der Waals surface area (Å²) in [6.45, 7) is 2.12. The van der Waals surface area contributed by atoms with E-state index in [1.165, 1.54) is 0 Å². The van der Waals surface area contributed by atoms with Crippen LogP contribution in [0, 0.1) is 11.8 Å². The van der Waals surface area contributed by atoms with Crippen LogP contribution < -0.4 is 0 Å². The fraction of sp³-hybridized carbons (Fsp3) is 0.640. The van der Waals surface area contributed by atoms with E-state index < -0.39 is 11.9 Å². The Hall–Kier alpha value is -1.65. The van der Waals surface area contributed by atoms with Gasteiger partial charge in [0.25, 0.3) is 0 Å². The Bertz CT molecular complexity index is 613. The summed E-state index contributed by atoms with van der Waals surface area (Å²) in [6.07, 6.45) is 12.6. The largest absolute Gasteiger partial charge is 0.481 e. The third-order valence-corrected chi connectivity index (χ3v) is 6.30. The van der Waals surface area contributed by atoms with Gasteiger partial charge in [0, 0.05) is 0 Å². The second-order valence-electron chi connectivity index (χ2n) is 8.51. The molecule has 0 amide bonds. The molecule has 4 heteroatoms. The van der Waals surface area contributed by atoms with Crippen molar-refractivity contribution in [2.45, 2.75) is 89.3 Å². The van der Waals surface area contributed by atoms with Crippen molar-refractivity contribution >= 4 is 5.97 Å². The molecule has 3 N–H and O–H groups in total. The number of aliphatic carboxylic acids is 1. The highest BCUT2D eigenvalue weighted by Gasteiger charge is 2.32. The fourth-order valence-electron chi connectivity index (χ4n) is 4.53. The monoisotopic (exact) mass is 402 g/mol. The molecule has 1 saturated carbocycles. The predicted molar refractivity (Wildman–Crippen MR) is 117 cm³/mol. The van der Waals surface area contributed by atoms with Crippen LogP contribution in [0.3, 0.4) is 0 Å². The van der Waals surface area contributed by atoms with Gasteiger partial charge in [-0.1, -0.05) is 81.5 Å². The Kier molecular flexibility index (Phi) is 10.4. The maximum atomic E-state index is 11.6. The van der Waals surface area contributed by atoms with Gasteiger partial charge in [-0.25, -0.2) is 0 Å². The first-order valence-corrected chi connectivity index (χ1v) is 11.3. The fourth-order valence-corrected chi connectivity index (χ4v) is 4.53. The summed E-state index contributed by atoms with van der Waals surface area (Å²) in [5.74, 6) is -0.589. The standard InChI is InChI=1S/C25H38O4/c1-2-3-12-21(26)17-15-20-16-18-24(27)22(20)13-8-5-9-14-23(25(28)29)19-10-6-4-7-11-19/h4,6-7,10-11,15,17,20-24,26-27H,2-3,5,8-9,12-14,16,18H2,1H3,(H,28,29)/t20-,21?,22+,23?,24-/m0/s1. The number of benzene rings is 1. The molecule has 1 aromatic rings. The smallest absolute Gasteiger partial charge is 0.310 e. The SMILES string of the molecule is CCCCC(O)C=C[C@H]1CC[C@H](O)[C@@H]1CCCCCC(C(=O)O)c1ccccc1. The minimum atomic E-state index is -0.755. The van der Waals surface area contributed by atoms with Crippen LogP contribution in [0.4, 0.5) is 0 Å². The van der Waals surface area contributed by atoms with Crippen LogP contribution in [0.1, 0.15) is 82.6 Å². The molecule has 0 aliphatic heterocycles. The average molecular weight is 403 g/mol. The number of hydrogen-bond acceptors (Lipinski definition) is 3. The quantitative estimate of drug-likeness (QED) is 0.309. The van der Waals surface area contributed by atoms with Gasteiger partial charge in [0.05, 0.1) is 18.1 Å². The first kappa shape index (κ1) is 23.6. The number of rotatable bonds is 13. The van der Waals surface area contributed by atoms with Gasteiger partial charge in [-0.3, -0.25) is 4.79 Å². The van der Waals surface area contributed by atoms with Crippen LogP contribution in [0.15, 0.2) is 42.5 Å². The van der Waals surface area contributed by atoms with Crippen molar-refractivity contribution in [2.75, 3.05) is 0 Å². The number of aliphatic hydroxyl groups excluding tert-OH is 2. The summed E-state index contributed by atoms with van der Waals surface area (Å²) >= 11 is 0. The summed E-state index contributed by atoms with van der Waals surface area (Å²) < 4.78 is 0. The van der Waals surface area contributed by atoms with Crippen LogP contribution in [0.2, 0.25) is 0 Å². The van der Waals surface area contributed by atoms with Crippen molar-refractivity contribution in [3.63, 3.8) is 0 Å². The maximum Gasteiger partial charge on any atom is 0.310 e. The van der Waals surface area contributed by atoms with E-state index in [4.69, 9.17) is 0 Å². The van der Waals surface area contributed by atoms with Crippen LogP contribution in [-0.2, 0) is 4.79 Å². The van der Waals surface area contributed by atoms with Gasteiger partial charge in [-0.15, -0.1) is 0 Å². The summed E-state index contributed by atoms with van der Waals surface area (Å²) in [4.78, 5) is 11.6. The lowest BCUT2D eigenvalue weighted by atomic mass is 9.87. The van der Waals surface area contributed by atoms with Crippen LogP contribution in [0.5, 0.6) is 0 Å². The van der Waals surface area contributed by atoms with Gasteiger partial charge in [-0.05, 0) is 49.5 Å². The minimum Gasteiger partial charge on any atom is -0.481 e. The predicted octanol–water partition coefficient (Wildman–Crippen LogP) is 5.30. The Morgan fingerprint density at radius 3 is 2.55 bits per heavy atom. The molecule has 0 radical (unpaired) electrons. The van der Waals surface area contributed by atoms with Crippen molar-refractivity contribution < 1.29 is 20.1 Å². The average Bonchev–Trinajstić information content (AvgIpc) is 3.07. The van der Waals surface area contributed by atoms with E-state index in [9.17, 15) is 20.1 Å². The van der Waals surface area contributed by atoms with Crippen molar-refractivity contribution in [3.05, 3.63) is 48.0 Å². The molecule has 29 heavy (non-hydrogen) atoms. The van der Waals surface area contributed by atoms with E-state index in [2.05, 4.69) is 13.0 Å². The van der Waals surface area contributed by atoms with E-state index in [0.29, 0.717) is 12.3 Å². The van der Waals surface area contributed by atoms with Gasteiger partial charge in [0.2, 0.25) is 0 Å². The molecule has 5 atom stereocenters. The molecule has 1 aliphatic carbocycles. The number of carboxylic acid groups (broad SMARTS) is 1. The molecular weight excluding hydrogens is 364 g/mol. The Labute approximate surface area is 175 Å². The van der Waals surface area contributed by atoms with E-state index >= 15 is 0 Å². The molecule has 0 spiro atoms. The molecule has 0 bridgehead atoms. The molecule has 4 nitrogen and oxygen atoms in total. The topological polar surface area (TPSA) is 77.8 Å². The van der Waals surface area contributed by atoms with E-state index in [-0.39, 0.29) is 18.1 Å². The highest BCUT2D eigenvalue weighted by molar-refractivity contribution is 5.75. The number of carboxylic acids is 1. The highest BCUT2D eigenvalue weighted by Crippen LogP contribution is 2.37. The molecule has 1 aromatic carbocycles. The molecule has 2 rings (SSSR count). The third kappa shape index (κ3) is 7.94. The summed E-state index contributed by atoms with van der Waals surface area (Å²) in [5, 5.41) is 29.9. The van der Waals surface area contributed by atoms with Crippen molar-refractivity contribution in [1.29, 1.82) is 0 Å². The summed E-state index contributed by atoms with van der Waals surface area (Å²) in [6, 6.07) is 9.46. The normalized spacial score (nSPS) is 24.0.